The zero-order valence-corrected chi connectivity index (χ0v) is 10.6. The molecule has 2 aromatic rings. The maximum absolute atomic E-state index is 13.2. The summed E-state index contributed by atoms with van der Waals surface area (Å²) in [6.07, 6.45) is -3.66. The highest BCUT2D eigenvalue weighted by molar-refractivity contribution is 5.56. The van der Waals surface area contributed by atoms with Gasteiger partial charge in [0.2, 0.25) is 0 Å². The number of phenols is 1. The lowest BCUT2D eigenvalue weighted by Gasteiger charge is -2.09. The predicted molar refractivity (Wildman–Crippen MR) is 68.0 cm³/mol. The summed E-state index contributed by atoms with van der Waals surface area (Å²) in [5.41, 5.74) is 0.816. The number of alkyl halides is 2. The first-order chi connectivity index (χ1) is 9.94. The summed E-state index contributed by atoms with van der Waals surface area (Å²) in [7, 11) is 0. The van der Waals surface area contributed by atoms with E-state index in [9.17, 15) is 18.3 Å². The Bertz CT molecular complexity index is 691. The molecule has 1 heterocycles. The van der Waals surface area contributed by atoms with Crippen LogP contribution in [0, 0.1) is 5.82 Å². The smallest absolute Gasteiger partial charge is 0.505 e. The second-order valence-electron chi connectivity index (χ2n) is 4.43. The van der Waals surface area contributed by atoms with Crippen LogP contribution in [-0.2, 0) is 6.54 Å². The van der Waals surface area contributed by atoms with Crippen LogP contribution < -0.4 is 14.8 Å². The Labute approximate surface area is 117 Å². The summed E-state index contributed by atoms with van der Waals surface area (Å²) in [6.45, 7) is 0.125. The van der Waals surface area contributed by atoms with Gasteiger partial charge in [-0.1, -0.05) is 12.1 Å². The second-order valence-corrected chi connectivity index (χ2v) is 4.43. The van der Waals surface area contributed by atoms with Gasteiger partial charge in [0.05, 0.1) is 0 Å². The average Bonchev–Trinajstić information content (AvgIpc) is 2.73. The predicted octanol–water partition coefficient (Wildman–Crippen LogP) is 3.46. The Hall–Kier alpha value is -2.57. The van der Waals surface area contributed by atoms with Crippen molar-refractivity contribution < 1.29 is 27.8 Å². The quantitative estimate of drug-likeness (QED) is 0.911. The van der Waals surface area contributed by atoms with Crippen molar-refractivity contribution in [2.45, 2.75) is 12.8 Å². The van der Waals surface area contributed by atoms with Gasteiger partial charge in [0, 0.05) is 23.9 Å². The number of benzene rings is 2. The Morgan fingerprint density at radius 3 is 2.67 bits per heavy atom. The highest BCUT2D eigenvalue weighted by atomic mass is 19.3. The first-order valence-corrected chi connectivity index (χ1v) is 6.05. The summed E-state index contributed by atoms with van der Waals surface area (Å²) >= 11 is 0. The minimum absolute atomic E-state index is 0.0563. The molecule has 0 atom stereocenters. The fourth-order valence-corrected chi connectivity index (χ4v) is 1.96. The number of phenolic OH excluding ortho intramolecular Hbond substituents is 1. The van der Waals surface area contributed by atoms with Gasteiger partial charge < -0.3 is 19.9 Å². The molecule has 0 bridgehead atoms. The van der Waals surface area contributed by atoms with Crippen LogP contribution in [0.4, 0.5) is 18.9 Å². The number of para-hydroxylation sites is 1. The van der Waals surface area contributed by atoms with Crippen molar-refractivity contribution in [3.63, 3.8) is 0 Å². The van der Waals surface area contributed by atoms with Gasteiger partial charge in [-0.3, -0.25) is 0 Å². The van der Waals surface area contributed by atoms with E-state index in [1.807, 2.05) is 0 Å². The number of fused-ring (bicyclic) bond motifs is 1. The monoisotopic (exact) mass is 297 g/mol. The largest absolute Gasteiger partial charge is 0.586 e. The molecule has 0 aromatic heterocycles. The summed E-state index contributed by atoms with van der Waals surface area (Å²) in [5, 5.41) is 12.4. The number of hydrogen-bond acceptors (Lipinski definition) is 4. The maximum atomic E-state index is 13.2. The van der Waals surface area contributed by atoms with Crippen LogP contribution in [0.15, 0.2) is 36.4 Å². The number of anilines is 1. The summed E-state index contributed by atoms with van der Waals surface area (Å²) in [6, 6.07) is 8.34. The zero-order valence-electron chi connectivity index (χ0n) is 10.6. The lowest BCUT2D eigenvalue weighted by Crippen LogP contribution is -2.25. The van der Waals surface area contributed by atoms with E-state index in [0.29, 0.717) is 11.3 Å². The van der Waals surface area contributed by atoms with Crippen LogP contribution in [-0.4, -0.2) is 11.4 Å². The van der Waals surface area contributed by atoms with E-state index in [2.05, 4.69) is 14.8 Å². The molecule has 21 heavy (non-hydrogen) atoms. The van der Waals surface area contributed by atoms with E-state index in [4.69, 9.17) is 0 Å². The van der Waals surface area contributed by atoms with Crippen LogP contribution in [0.25, 0.3) is 0 Å². The van der Waals surface area contributed by atoms with Gasteiger partial charge >= 0.3 is 6.29 Å². The Balaban J connectivity index is 1.74. The second kappa shape index (κ2) is 4.76. The molecule has 0 radical (unpaired) electrons. The molecule has 1 aliphatic rings. The van der Waals surface area contributed by atoms with E-state index < -0.39 is 17.9 Å². The minimum Gasteiger partial charge on any atom is -0.505 e. The first kappa shape index (κ1) is 13.4. The summed E-state index contributed by atoms with van der Waals surface area (Å²) in [4.78, 5) is 0. The van der Waals surface area contributed by atoms with E-state index in [1.165, 1.54) is 24.3 Å². The third-order valence-electron chi connectivity index (χ3n) is 2.95. The van der Waals surface area contributed by atoms with Crippen LogP contribution >= 0.6 is 0 Å². The average molecular weight is 297 g/mol. The fourth-order valence-electron chi connectivity index (χ4n) is 1.96. The van der Waals surface area contributed by atoms with Gasteiger partial charge in [-0.05, 0) is 18.2 Å². The molecule has 0 saturated heterocycles. The van der Waals surface area contributed by atoms with E-state index >= 15 is 0 Å². The van der Waals surface area contributed by atoms with Gasteiger partial charge in [0.15, 0.2) is 23.1 Å². The lowest BCUT2D eigenvalue weighted by molar-refractivity contribution is -0.286. The number of rotatable bonds is 3. The lowest BCUT2D eigenvalue weighted by atomic mass is 10.2. The normalized spacial score (nSPS) is 15.0. The van der Waals surface area contributed by atoms with Gasteiger partial charge in [-0.2, -0.15) is 0 Å². The summed E-state index contributed by atoms with van der Waals surface area (Å²) < 4.78 is 47.5. The van der Waals surface area contributed by atoms with Gasteiger partial charge in [0.25, 0.3) is 0 Å². The number of hydrogen-bond donors (Lipinski definition) is 2. The molecular weight excluding hydrogens is 287 g/mol. The van der Waals surface area contributed by atoms with E-state index in [1.54, 1.807) is 6.07 Å². The molecule has 0 spiro atoms. The molecule has 0 amide bonds. The van der Waals surface area contributed by atoms with Crippen LogP contribution in [0.2, 0.25) is 0 Å². The van der Waals surface area contributed by atoms with Gasteiger partial charge in [-0.15, -0.1) is 8.78 Å². The van der Waals surface area contributed by atoms with Crippen LogP contribution in [0.3, 0.4) is 0 Å². The Kier molecular flexibility index (Phi) is 3.04. The van der Waals surface area contributed by atoms with E-state index in [-0.39, 0.29) is 18.0 Å². The van der Waals surface area contributed by atoms with Crippen molar-refractivity contribution in [3.05, 3.63) is 47.8 Å². The Morgan fingerprint density at radius 1 is 1.10 bits per heavy atom. The molecule has 4 nitrogen and oxygen atoms in total. The van der Waals surface area contributed by atoms with Crippen LogP contribution in [0.5, 0.6) is 17.2 Å². The SMILES string of the molecule is Oc1c(F)cccc1CNc1ccc2c(c1)OC(F)(F)O2. The number of ether oxygens (including phenoxy) is 2. The van der Waals surface area contributed by atoms with Gasteiger partial charge in [-0.25, -0.2) is 4.39 Å². The summed E-state index contributed by atoms with van der Waals surface area (Å²) in [5.74, 6) is -1.32. The molecule has 0 saturated carbocycles. The number of aromatic hydroxyl groups is 1. The topological polar surface area (TPSA) is 50.7 Å². The fraction of sp³-hybridized carbons (Fsp3) is 0.143. The zero-order chi connectivity index (χ0) is 15.0. The molecular formula is C14H10F3NO3. The molecule has 110 valence electrons. The number of halogens is 3. The van der Waals surface area contributed by atoms with E-state index in [0.717, 1.165) is 6.07 Å². The van der Waals surface area contributed by atoms with Crippen molar-refractivity contribution in [1.29, 1.82) is 0 Å². The number of nitrogens with one attached hydrogen (secondary N) is 1. The van der Waals surface area contributed by atoms with Crippen molar-refractivity contribution in [2.75, 3.05) is 5.32 Å². The molecule has 0 unspecified atom stereocenters. The van der Waals surface area contributed by atoms with Crippen molar-refractivity contribution >= 4 is 5.69 Å². The Morgan fingerprint density at radius 2 is 1.86 bits per heavy atom. The maximum Gasteiger partial charge on any atom is 0.586 e. The third kappa shape index (κ3) is 2.67. The van der Waals surface area contributed by atoms with Crippen molar-refractivity contribution in [1.82, 2.24) is 0 Å². The molecule has 3 rings (SSSR count). The van der Waals surface area contributed by atoms with Crippen molar-refractivity contribution in [3.8, 4) is 17.2 Å². The molecule has 2 N–H and O–H groups in total. The highest BCUT2D eigenvalue weighted by Crippen LogP contribution is 2.42. The molecule has 0 aliphatic carbocycles. The minimum atomic E-state index is -3.66. The molecule has 1 aliphatic heterocycles. The van der Waals surface area contributed by atoms with Crippen molar-refractivity contribution in [2.24, 2.45) is 0 Å². The first-order valence-electron chi connectivity index (χ1n) is 6.05. The highest BCUT2D eigenvalue weighted by Gasteiger charge is 2.43. The molecule has 0 fully saturated rings. The standard InChI is InChI=1S/C14H10F3NO3/c15-10-3-1-2-8(13(10)19)7-18-9-4-5-11-12(6-9)21-14(16,17)20-11/h1-6,18-19H,7H2. The van der Waals surface area contributed by atoms with Crippen LogP contribution in [0.1, 0.15) is 5.56 Å². The van der Waals surface area contributed by atoms with Gasteiger partial charge in [0.1, 0.15) is 0 Å². The third-order valence-corrected chi connectivity index (χ3v) is 2.95. The molecule has 2 aromatic carbocycles. The molecule has 7 heteroatoms.